The molecule has 3 aromatic rings. The minimum Gasteiger partial charge on any atom is -0.489 e. The van der Waals surface area contributed by atoms with E-state index in [1.807, 2.05) is 45.0 Å². The van der Waals surface area contributed by atoms with E-state index < -0.39 is 12.1 Å². The average Bonchev–Trinajstić information content (AvgIpc) is 3.09. The topological polar surface area (TPSA) is 90.7 Å². The molecule has 0 unspecified atom stereocenters. The highest BCUT2D eigenvalue weighted by Gasteiger charge is 2.19. The highest BCUT2D eigenvalue weighted by atomic mass is 16.5. The van der Waals surface area contributed by atoms with Crippen LogP contribution in [0.5, 0.6) is 5.75 Å². The predicted molar refractivity (Wildman–Crippen MR) is 115 cm³/mol. The Morgan fingerprint density at radius 2 is 1.71 bits per heavy atom. The number of carbonyl (C=O) groups excluding carboxylic acids is 2. The molecule has 7 nitrogen and oxygen atoms in total. The van der Waals surface area contributed by atoms with Crippen molar-refractivity contribution in [2.24, 2.45) is 0 Å². The van der Waals surface area contributed by atoms with Crippen LogP contribution in [0.4, 0.5) is 0 Å². The second-order valence-electron chi connectivity index (χ2n) is 7.37. The highest BCUT2D eigenvalue weighted by molar-refractivity contribution is 5.92. The Labute approximate surface area is 181 Å². The lowest BCUT2D eigenvalue weighted by Crippen LogP contribution is -2.35. The van der Waals surface area contributed by atoms with Crippen molar-refractivity contribution in [3.8, 4) is 5.75 Å². The molecule has 162 valence electrons. The van der Waals surface area contributed by atoms with E-state index in [2.05, 4.69) is 10.5 Å². The number of esters is 1. The van der Waals surface area contributed by atoms with Gasteiger partial charge in [-0.3, -0.25) is 4.79 Å². The SMILES string of the molecule is Cc1ccc(CNC(=O)[C@@H](C)OC(=O)c2ccc(OCc3c(C)noc3C)cc2)cc1. The van der Waals surface area contributed by atoms with Crippen molar-refractivity contribution >= 4 is 11.9 Å². The summed E-state index contributed by atoms with van der Waals surface area (Å²) in [5.41, 5.74) is 4.14. The van der Waals surface area contributed by atoms with E-state index in [-0.39, 0.29) is 5.91 Å². The number of rotatable bonds is 8. The van der Waals surface area contributed by atoms with E-state index in [0.29, 0.717) is 30.2 Å². The number of carbonyl (C=O) groups is 2. The molecular weight excluding hydrogens is 396 g/mol. The van der Waals surface area contributed by atoms with Gasteiger partial charge in [-0.2, -0.15) is 0 Å². The quantitative estimate of drug-likeness (QED) is 0.551. The minimum absolute atomic E-state index is 0.323. The molecule has 0 radical (unpaired) electrons. The molecule has 2 aromatic carbocycles. The Hall–Kier alpha value is -3.61. The summed E-state index contributed by atoms with van der Waals surface area (Å²) < 4.78 is 16.1. The second-order valence-corrected chi connectivity index (χ2v) is 7.37. The fraction of sp³-hybridized carbons (Fsp3) is 0.292. The third kappa shape index (κ3) is 5.94. The number of nitrogens with zero attached hydrogens (tertiary/aromatic N) is 1. The molecule has 0 aliphatic carbocycles. The van der Waals surface area contributed by atoms with Crippen LogP contribution >= 0.6 is 0 Å². The van der Waals surface area contributed by atoms with Crippen LogP contribution in [-0.2, 0) is 22.7 Å². The Kier molecular flexibility index (Phi) is 7.07. The van der Waals surface area contributed by atoms with Gasteiger partial charge in [-0.05, 0) is 57.5 Å². The van der Waals surface area contributed by atoms with Gasteiger partial charge in [0.1, 0.15) is 18.1 Å². The lowest BCUT2D eigenvalue weighted by atomic mass is 10.1. The molecule has 31 heavy (non-hydrogen) atoms. The van der Waals surface area contributed by atoms with Crippen LogP contribution in [0, 0.1) is 20.8 Å². The summed E-state index contributed by atoms with van der Waals surface area (Å²) in [5, 5.41) is 6.67. The van der Waals surface area contributed by atoms with Crippen LogP contribution in [0.25, 0.3) is 0 Å². The van der Waals surface area contributed by atoms with E-state index >= 15 is 0 Å². The predicted octanol–water partition coefficient (Wildman–Crippen LogP) is 4.04. The van der Waals surface area contributed by atoms with Crippen molar-refractivity contribution in [3.63, 3.8) is 0 Å². The number of benzene rings is 2. The Balaban J connectivity index is 1.48. The van der Waals surface area contributed by atoms with Crippen molar-refractivity contribution in [1.29, 1.82) is 0 Å². The third-order valence-electron chi connectivity index (χ3n) is 4.89. The summed E-state index contributed by atoms with van der Waals surface area (Å²) in [6.45, 7) is 7.93. The van der Waals surface area contributed by atoms with Gasteiger partial charge in [0.15, 0.2) is 6.10 Å². The third-order valence-corrected chi connectivity index (χ3v) is 4.89. The van der Waals surface area contributed by atoms with E-state index in [1.165, 1.54) is 0 Å². The van der Waals surface area contributed by atoms with Gasteiger partial charge in [-0.25, -0.2) is 4.79 Å². The summed E-state index contributed by atoms with van der Waals surface area (Å²) in [7, 11) is 0. The molecule has 1 N–H and O–H groups in total. The van der Waals surface area contributed by atoms with E-state index in [4.69, 9.17) is 14.0 Å². The first kappa shape index (κ1) is 22.1. The maximum absolute atomic E-state index is 12.4. The number of aromatic nitrogens is 1. The molecule has 1 amide bonds. The first-order chi connectivity index (χ1) is 14.8. The standard InChI is InChI=1S/C24H26N2O5/c1-15-5-7-19(8-6-15)13-25-23(27)18(4)30-24(28)20-9-11-21(12-10-20)29-14-22-16(2)26-31-17(22)3/h5-12,18H,13-14H2,1-4H3,(H,25,27)/t18-/m1/s1. The molecular formula is C24H26N2O5. The van der Waals surface area contributed by atoms with Crippen LogP contribution < -0.4 is 10.1 Å². The summed E-state index contributed by atoms with van der Waals surface area (Å²) >= 11 is 0. The number of amides is 1. The lowest BCUT2D eigenvalue weighted by molar-refractivity contribution is -0.129. The molecule has 1 heterocycles. The molecule has 0 aliphatic rings. The number of aryl methyl sites for hydroxylation is 3. The van der Waals surface area contributed by atoms with Crippen LogP contribution in [0.2, 0.25) is 0 Å². The van der Waals surface area contributed by atoms with Gasteiger partial charge in [0.2, 0.25) is 0 Å². The molecule has 0 fully saturated rings. The molecule has 0 aliphatic heterocycles. The maximum Gasteiger partial charge on any atom is 0.338 e. The number of hydrogen-bond acceptors (Lipinski definition) is 6. The zero-order valence-corrected chi connectivity index (χ0v) is 18.1. The van der Waals surface area contributed by atoms with Crippen molar-refractivity contribution in [2.75, 3.05) is 0 Å². The van der Waals surface area contributed by atoms with E-state index in [1.54, 1.807) is 31.2 Å². The van der Waals surface area contributed by atoms with Crippen LogP contribution in [0.15, 0.2) is 53.1 Å². The summed E-state index contributed by atoms with van der Waals surface area (Å²) in [6, 6.07) is 14.4. The van der Waals surface area contributed by atoms with Crippen molar-refractivity contribution in [2.45, 2.75) is 47.0 Å². The molecule has 0 spiro atoms. The van der Waals surface area contributed by atoms with E-state index in [0.717, 1.165) is 22.4 Å². The summed E-state index contributed by atoms with van der Waals surface area (Å²) in [5.74, 6) is 0.386. The smallest absolute Gasteiger partial charge is 0.338 e. The van der Waals surface area contributed by atoms with Crippen molar-refractivity contribution in [3.05, 3.63) is 82.2 Å². The van der Waals surface area contributed by atoms with Crippen LogP contribution in [-0.4, -0.2) is 23.1 Å². The number of nitrogens with one attached hydrogen (secondary N) is 1. The van der Waals surface area contributed by atoms with Crippen LogP contribution in [0.1, 0.15) is 45.4 Å². The lowest BCUT2D eigenvalue weighted by Gasteiger charge is -2.14. The summed E-state index contributed by atoms with van der Waals surface area (Å²) in [4.78, 5) is 24.6. The zero-order valence-electron chi connectivity index (χ0n) is 18.1. The molecule has 0 saturated carbocycles. The molecule has 7 heteroatoms. The first-order valence-corrected chi connectivity index (χ1v) is 10.0. The Morgan fingerprint density at radius 1 is 1.03 bits per heavy atom. The van der Waals surface area contributed by atoms with Gasteiger partial charge < -0.3 is 19.3 Å². The largest absolute Gasteiger partial charge is 0.489 e. The molecule has 0 bridgehead atoms. The van der Waals surface area contributed by atoms with Gasteiger partial charge in [-0.15, -0.1) is 0 Å². The minimum atomic E-state index is -0.909. The molecule has 3 rings (SSSR count). The Bertz CT molecular complexity index is 1020. The second kappa shape index (κ2) is 9.93. The molecule has 1 aromatic heterocycles. The fourth-order valence-corrected chi connectivity index (χ4v) is 2.87. The Morgan fingerprint density at radius 3 is 2.32 bits per heavy atom. The molecule has 0 saturated heterocycles. The monoisotopic (exact) mass is 422 g/mol. The number of ether oxygens (including phenoxy) is 2. The van der Waals surface area contributed by atoms with Gasteiger partial charge >= 0.3 is 5.97 Å². The normalized spacial score (nSPS) is 11.6. The highest BCUT2D eigenvalue weighted by Crippen LogP contribution is 2.18. The van der Waals surface area contributed by atoms with Crippen molar-refractivity contribution < 1.29 is 23.6 Å². The van der Waals surface area contributed by atoms with Crippen LogP contribution in [0.3, 0.4) is 0 Å². The molecule has 1 atom stereocenters. The van der Waals surface area contributed by atoms with E-state index in [9.17, 15) is 9.59 Å². The van der Waals surface area contributed by atoms with Gasteiger partial charge in [0.25, 0.3) is 5.91 Å². The van der Waals surface area contributed by atoms with Crippen molar-refractivity contribution in [1.82, 2.24) is 10.5 Å². The fourth-order valence-electron chi connectivity index (χ4n) is 2.87. The van der Waals surface area contributed by atoms with Gasteiger partial charge in [0, 0.05) is 6.54 Å². The average molecular weight is 422 g/mol. The maximum atomic E-state index is 12.4. The summed E-state index contributed by atoms with van der Waals surface area (Å²) in [6.07, 6.45) is -0.909. The number of hydrogen-bond donors (Lipinski definition) is 1. The van der Waals surface area contributed by atoms with Gasteiger partial charge in [0.05, 0.1) is 16.8 Å². The zero-order chi connectivity index (χ0) is 22.4. The first-order valence-electron chi connectivity index (χ1n) is 10.0. The van der Waals surface area contributed by atoms with Gasteiger partial charge in [-0.1, -0.05) is 35.0 Å².